The maximum Gasteiger partial charge on any atom is 0.227 e. The average molecular weight is 437 g/mol. The van der Waals surface area contributed by atoms with Crippen LogP contribution >= 0.6 is 11.3 Å². The first-order chi connectivity index (χ1) is 15.1. The summed E-state index contributed by atoms with van der Waals surface area (Å²) in [5, 5.41) is 1.27. The Kier molecular flexibility index (Phi) is 5.52. The van der Waals surface area contributed by atoms with Crippen molar-refractivity contribution in [1.29, 1.82) is 0 Å². The van der Waals surface area contributed by atoms with Crippen LogP contribution in [0.15, 0.2) is 24.3 Å². The van der Waals surface area contributed by atoms with Gasteiger partial charge in [0.2, 0.25) is 5.91 Å². The van der Waals surface area contributed by atoms with Gasteiger partial charge in [-0.1, -0.05) is 12.1 Å². The standard InChI is InChI=1S/C24H28N4O2S/c1-16-25-23(22-19-5-3-4-6-20(19)31-24(22)26-16)28-13-11-27(12-14-28)21(29)15-17-7-9-18(30-2)10-8-17/h7-10H,3-6,11-15H2,1-2H3. The number of methoxy groups -OCH3 is 1. The molecule has 6 nitrogen and oxygen atoms in total. The number of hydrogen-bond donors (Lipinski definition) is 0. The van der Waals surface area contributed by atoms with Gasteiger partial charge in [-0.3, -0.25) is 4.79 Å². The third kappa shape index (κ3) is 3.99. The van der Waals surface area contributed by atoms with E-state index in [4.69, 9.17) is 14.7 Å². The van der Waals surface area contributed by atoms with E-state index in [-0.39, 0.29) is 5.91 Å². The number of nitrogens with zero attached hydrogens (tertiary/aromatic N) is 4. The summed E-state index contributed by atoms with van der Waals surface area (Å²) in [5.74, 6) is 2.90. The molecule has 162 valence electrons. The van der Waals surface area contributed by atoms with Gasteiger partial charge in [-0.15, -0.1) is 11.3 Å². The summed E-state index contributed by atoms with van der Waals surface area (Å²) in [4.78, 5) is 29.4. The number of benzene rings is 1. The van der Waals surface area contributed by atoms with Crippen molar-refractivity contribution in [2.24, 2.45) is 0 Å². The molecule has 1 aromatic carbocycles. The lowest BCUT2D eigenvalue weighted by atomic mass is 9.97. The number of rotatable bonds is 4. The summed E-state index contributed by atoms with van der Waals surface area (Å²) in [5.41, 5.74) is 2.49. The molecule has 0 N–H and O–H groups in total. The van der Waals surface area contributed by atoms with Crippen molar-refractivity contribution >= 4 is 33.3 Å². The number of carbonyl (C=O) groups is 1. The van der Waals surface area contributed by atoms with Gasteiger partial charge in [0.05, 0.1) is 18.9 Å². The minimum Gasteiger partial charge on any atom is -0.497 e. The Labute approximate surface area is 186 Å². The molecule has 1 aliphatic heterocycles. The molecule has 1 aliphatic carbocycles. The third-order valence-electron chi connectivity index (χ3n) is 6.35. The van der Waals surface area contributed by atoms with Crippen LogP contribution in [0.1, 0.15) is 34.7 Å². The van der Waals surface area contributed by atoms with Crippen LogP contribution in [0.3, 0.4) is 0 Å². The fraction of sp³-hybridized carbons (Fsp3) is 0.458. The Hall–Kier alpha value is -2.67. The molecular formula is C24H28N4O2S. The summed E-state index contributed by atoms with van der Waals surface area (Å²) in [6, 6.07) is 7.75. The van der Waals surface area contributed by atoms with Crippen LogP contribution in [0.2, 0.25) is 0 Å². The maximum atomic E-state index is 12.8. The van der Waals surface area contributed by atoms with E-state index in [0.29, 0.717) is 6.42 Å². The van der Waals surface area contributed by atoms with Crippen LogP contribution in [0.4, 0.5) is 5.82 Å². The minimum atomic E-state index is 0.182. The predicted octanol–water partition coefficient (Wildman–Crippen LogP) is 3.78. The van der Waals surface area contributed by atoms with E-state index < -0.39 is 0 Å². The molecule has 1 saturated heterocycles. The Morgan fingerprint density at radius 1 is 1.06 bits per heavy atom. The van der Waals surface area contributed by atoms with Crippen molar-refractivity contribution in [1.82, 2.24) is 14.9 Å². The van der Waals surface area contributed by atoms with Crippen LogP contribution in [0.25, 0.3) is 10.2 Å². The number of carbonyl (C=O) groups excluding carboxylic acids is 1. The van der Waals surface area contributed by atoms with Gasteiger partial charge in [0, 0.05) is 31.1 Å². The molecule has 0 atom stereocenters. The van der Waals surface area contributed by atoms with E-state index in [9.17, 15) is 4.79 Å². The van der Waals surface area contributed by atoms with Crippen molar-refractivity contribution in [3.8, 4) is 5.75 Å². The summed E-state index contributed by atoms with van der Waals surface area (Å²) >= 11 is 1.85. The molecule has 0 spiro atoms. The van der Waals surface area contributed by atoms with Gasteiger partial charge >= 0.3 is 0 Å². The number of amides is 1. The normalized spacial score (nSPS) is 16.5. The molecule has 0 bridgehead atoms. The van der Waals surface area contributed by atoms with E-state index in [1.54, 1.807) is 7.11 Å². The number of anilines is 1. The molecular weight excluding hydrogens is 408 g/mol. The van der Waals surface area contributed by atoms with Crippen LogP contribution in [0, 0.1) is 6.92 Å². The van der Waals surface area contributed by atoms with Crippen molar-refractivity contribution in [3.63, 3.8) is 0 Å². The van der Waals surface area contributed by atoms with E-state index in [1.807, 2.05) is 47.4 Å². The Balaban J connectivity index is 1.30. The maximum absolute atomic E-state index is 12.8. The second-order valence-electron chi connectivity index (χ2n) is 8.38. The van der Waals surface area contributed by atoms with Crippen LogP contribution < -0.4 is 9.64 Å². The van der Waals surface area contributed by atoms with E-state index in [1.165, 1.54) is 35.1 Å². The van der Waals surface area contributed by atoms with Gasteiger partial charge in [-0.05, 0) is 55.9 Å². The fourth-order valence-electron chi connectivity index (χ4n) is 4.67. The molecule has 1 amide bonds. The topological polar surface area (TPSA) is 58.6 Å². The zero-order valence-electron chi connectivity index (χ0n) is 18.2. The average Bonchev–Trinajstić information content (AvgIpc) is 3.17. The first-order valence-corrected chi connectivity index (χ1v) is 11.9. The first kappa shape index (κ1) is 20.2. The second-order valence-corrected chi connectivity index (χ2v) is 9.46. The third-order valence-corrected chi connectivity index (χ3v) is 7.54. The Morgan fingerprint density at radius 3 is 2.55 bits per heavy atom. The van der Waals surface area contributed by atoms with Gasteiger partial charge in [-0.25, -0.2) is 9.97 Å². The molecule has 2 aromatic heterocycles. The minimum absolute atomic E-state index is 0.182. The molecule has 3 heterocycles. The molecule has 0 radical (unpaired) electrons. The number of piperazine rings is 1. The van der Waals surface area contributed by atoms with E-state index in [2.05, 4.69) is 4.90 Å². The van der Waals surface area contributed by atoms with Gasteiger partial charge in [0.1, 0.15) is 22.2 Å². The van der Waals surface area contributed by atoms with Crippen molar-refractivity contribution in [3.05, 3.63) is 46.1 Å². The molecule has 3 aromatic rings. The van der Waals surface area contributed by atoms with Crippen molar-refractivity contribution in [2.75, 3.05) is 38.2 Å². The van der Waals surface area contributed by atoms with Gasteiger partial charge in [-0.2, -0.15) is 0 Å². The summed E-state index contributed by atoms with van der Waals surface area (Å²) in [6.45, 7) is 5.06. The van der Waals surface area contributed by atoms with Crippen molar-refractivity contribution < 1.29 is 9.53 Å². The number of aryl methyl sites for hydroxylation is 3. The van der Waals surface area contributed by atoms with Crippen molar-refractivity contribution in [2.45, 2.75) is 39.0 Å². The van der Waals surface area contributed by atoms with Gasteiger partial charge in [0.25, 0.3) is 0 Å². The summed E-state index contributed by atoms with van der Waals surface area (Å²) in [6.07, 6.45) is 5.26. The second kappa shape index (κ2) is 8.46. The zero-order chi connectivity index (χ0) is 21.4. The molecule has 0 unspecified atom stereocenters. The smallest absolute Gasteiger partial charge is 0.227 e. The molecule has 31 heavy (non-hydrogen) atoms. The predicted molar refractivity (Wildman–Crippen MR) is 124 cm³/mol. The molecule has 1 fully saturated rings. The number of hydrogen-bond acceptors (Lipinski definition) is 6. The quantitative estimate of drug-likeness (QED) is 0.623. The summed E-state index contributed by atoms with van der Waals surface area (Å²) in [7, 11) is 1.65. The van der Waals surface area contributed by atoms with Crippen LogP contribution in [0.5, 0.6) is 5.75 Å². The van der Waals surface area contributed by atoms with Crippen LogP contribution in [-0.2, 0) is 24.1 Å². The lowest BCUT2D eigenvalue weighted by Crippen LogP contribution is -2.49. The van der Waals surface area contributed by atoms with E-state index in [0.717, 1.165) is 60.4 Å². The highest BCUT2D eigenvalue weighted by atomic mass is 32.1. The number of thiophene rings is 1. The van der Waals surface area contributed by atoms with E-state index >= 15 is 0 Å². The number of aromatic nitrogens is 2. The number of fused-ring (bicyclic) bond motifs is 3. The first-order valence-electron chi connectivity index (χ1n) is 11.1. The number of ether oxygens (including phenoxy) is 1. The summed E-state index contributed by atoms with van der Waals surface area (Å²) < 4.78 is 5.20. The molecule has 5 rings (SSSR count). The molecule has 0 saturated carbocycles. The zero-order valence-corrected chi connectivity index (χ0v) is 19.0. The lowest BCUT2D eigenvalue weighted by molar-refractivity contribution is -0.130. The Bertz CT molecular complexity index is 1100. The molecule has 2 aliphatic rings. The Morgan fingerprint density at radius 2 is 1.81 bits per heavy atom. The van der Waals surface area contributed by atoms with Gasteiger partial charge < -0.3 is 14.5 Å². The lowest BCUT2D eigenvalue weighted by Gasteiger charge is -2.36. The highest BCUT2D eigenvalue weighted by Crippen LogP contribution is 2.39. The highest BCUT2D eigenvalue weighted by Gasteiger charge is 2.27. The van der Waals surface area contributed by atoms with Gasteiger partial charge in [0.15, 0.2) is 0 Å². The SMILES string of the molecule is COc1ccc(CC(=O)N2CCN(c3nc(C)nc4sc5c(c34)CCCC5)CC2)cc1. The monoisotopic (exact) mass is 436 g/mol. The largest absolute Gasteiger partial charge is 0.497 e. The highest BCUT2D eigenvalue weighted by molar-refractivity contribution is 7.19. The van der Waals surface area contributed by atoms with Crippen LogP contribution in [-0.4, -0.2) is 54.1 Å². The molecule has 7 heteroatoms. The fourth-order valence-corrected chi connectivity index (χ4v) is 5.97.